The van der Waals surface area contributed by atoms with E-state index in [0.717, 1.165) is 83.7 Å². The molecule has 12 aromatic rings. The molecular formula is C108H136N4+4. The van der Waals surface area contributed by atoms with Gasteiger partial charge in [0.2, 0.25) is 22.8 Å². The number of hydrogen-bond acceptors (Lipinski definition) is 0. The molecule has 0 fully saturated rings. The molecule has 12 rings (SSSR count). The summed E-state index contributed by atoms with van der Waals surface area (Å²) < 4.78 is 217. The fourth-order valence-corrected chi connectivity index (χ4v) is 14.0. The van der Waals surface area contributed by atoms with Gasteiger partial charge in [-0.1, -0.05) is 256 Å². The van der Waals surface area contributed by atoms with Gasteiger partial charge in [0.1, 0.15) is 28.2 Å². The van der Waals surface area contributed by atoms with Gasteiger partial charge >= 0.3 is 0 Å². The van der Waals surface area contributed by atoms with Crippen LogP contribution < -0.4 is 18.3 Å². The van der Waals surface area contributed by atoms with E-state index in [4.69, 9.17) is 34.3 Å². The first-order valence-electron chi connectivity index (χ1n) is 51.2. The van der Waals surface area contributed by atoms with E-state index in [-0.39, 0.29) is 22.3 Å². The highest BCUT2D eigenvalue weighted by molar-refractivity contribution is 5.80. The summed E-state index contributed by atoms with van der Waals surface area (Å²) in [5.41, 5.74) is 17.4. The van der Waals surface area contributed by atoms with E-state index in [0.29, 0.717) is 72.6 Å². The van der Waals surface area contributed by atoms with Crippen LogP contribution in [0.5, 0.6) is 0 Å². The van der Waals surface area contributed by atoms with E-state index >= 15 is 0 Å². The molecule has 4 nitrogen and oxygen atoms in total. The Morgan fingerprint density at radius 2 is 0.536 bits per heavy atom. The average molecular weight is 1520 g/mol. The average Bonchev–Trinajstić information content (AvgIpc) is 0.738. The highest BCUT2D eigenvalue weighted by Crippen LogP contribution is 2.40. The van der Waals surface area contributed by atoms with Gasteiger partial charge < -0.3 is 0 Å². The van der Waals surface area contributed by atoms with E-state index in [1.165, 1.54) is 6.20 Å². The van der Waals surface area contributed by atoms with Crippen molar-refractivity contribution in [2.75, 3.05) is 0 Å². The maximum absolute atomic E-state index is 9.14. The molecule has 0 aliphatic heterocycles. The van der Waals surface area contributed by atoms with Crippen LogP contribution in [0.1, 0.15) is 246 Å². The summed E-state index contributed by atoms with van der Waals surface area (Å²) in [5.74, 6) is -1.73. The number of hydrogen-bond donors (Lipinski definition) is 0. The minimum absolute atomic E-state index is 0.0382. The van der Waals surface area contributed by atoms with Crippen LogP contribution in [-0.4, -0.2) is 0 Å². The number of rotatable bonds is 14. The summed E-state index contributed by atoms with van der Waals surface area (Å²) in [7, 11) is 7.40. The molecule has 0 atom stereocenters. The first kappa shape index (κ1) is 57.4. The Morgan fingerprint density at radius 1 is 0.268 bits per heavy atom. The Balaban J connectivity index is 0.000000205. The van der Waals surface area contributed by atoms with E-state index < -0.39 is 93.2 Å². The molecule has 0 spiro atoms. The summed E-state index contributed by atoms with van der Waals surface area (Å²) in [6, 6.07) is 59.7. The molecule has 8 aromatic carbocycles. The number of aryl methyl sites for hydroxylation is 14. The van der Waals surface area contributed by atoms with Crippen molar-refractivity contribution in [2.24, 2.45) is 49.9 Å². The molecule has 4 aromatic heterocycles. The van der Waals surface area contributed by atoms with Crippen LogP contribution in [-0.2, 0) is 53.7 Å². The summed E-state index contributed by atoms with van der Waals surface area (Å²) in [4.78, 5) is 0. The molecular weight excluding hydrogens is 1350 g/mol. The summed E-state index contributed by atoms with van der Waals surface area (Å²) in [6.07, 6.45) is -0.107. The zero-order chi connectivity index (χ0) is 104. The van der Waals surface area contributed by atoms with Crippen LogP contribution in [0.4, 0.5) is 0 Å². The molecule has 0 saturated heterocycles. The molecule has 0 aliphatic rings. The minimum atomic E-state index is -2.50. The van der Waals surface area contributed by atoms with Crippen LogP contribution in [0.2, 0.25) is 0 Å². The lowest BCUT2D eigenvalue weighted by Gasteiger charge is -2.24. The predicted octanol–water partition coefficient (Wildman–Crippen LogP) is 27.1. The Labute approximate surface area is 714 Å². The Kier molecular flexibility index (Phi) is 18.5. The molecule has 584 valence electrons. The van der Waals surface area contributed by atoms with Gasteiger partial charge in [-0.05, 0) is 263 Å². The number of nitrogens with zero attached hydrogens (tertiary/aromatic N) is 4. The molecule has 0 saturated carbocycles. The van der Waals surface area contributed by atoms with Crippen molar-refractivity contribution in [2.45, 2.75) is 217 Å². The van der Waals surface area contributed by atoms with E-state index in [1.807, 2.05) is 330 Å². The monoisotopic (exact) mass is 1510 g/mol. The lowest BCUT2D eigenvalue weighted by atomic mass is 9.81. The van der Waals surface area contributed by atoms with Gasteiger partial charge in [0, 0.05) is 103 Å². The number of pyridine rings is 4. The third kappa shape index (κ3) is 22.4. The first-order chi connectivity index (χ1) is 62.2. The second-order valence-corrected chi connectivity index (χ2v) is 34.5. The largest absolute Gasteiger partial charge is 0.212 e. The zero-order valence-electron chi connectivity index (χ0n) is 96.1. The smallest absolute Gasteiger partial charge is 0.201 e. The van der Waals surface area contributed by atoms with Gasteiger partial charge in [-0.25, -0.2) is 18.3 Å². The second kappa shape index (κ2) is 36.0. The molecule has 0 aliphatic carbocycles. The fraction of sp³-hybridized carbons (Fsp3) is 0.370. The van der Waals surface area contributed by atoms with E-state index in [2.05, 4.69) is 0 Å². The molecule has 0 unspecified atom stereocenters. The maximum atomic E-state index is 9.14. The quantitative estimate of drug-likeness (QED) is 0.0965. The van der Waals surface area contributed by atoms with Gasteiger partial charge in [-0.3, -0.25) is 0 Å². The summed E-state index contributed by atoms with van der Waals surface area (Å²) >= 11 is 0. The topological polar surface area (TPSA) is 15.5 Å². The van der Waals surface area contributed by atoms with Gasteiger partial charge in [0.25, 0.3) is 0 Å². The van der Waals surface area contributed by atoms with Crippen molar-refractivity contribution in [3.63, 3.8) is 0 Å². The highest BCUT2D eigenvalue weighted by Gasteiger charge is 2.28. The van der Waals surface area contributed by atoms with Crippen molar-refractivity contribution in [1.82, 2.24) is 0 Å². The fourth-order valence-electron chi connectivity index (χ4n) is 14.0. The highest BCUT2D eigenvalue weighted by atomic mass is 14.9. The molecule has 4 heterocycles. The number of aromatic nitrogens is 4. The van der Waals surface area contributed by atoms with Crippen LogP contribution in [0.15, 0.2) is 219 Å². The van der Waals surface area contributed by atoms with Crippen molar-refractivity contribution in [3.8, 4) is 89.5 Å². The van der Waals surface area contributed by atoms with Crippen molar-refractivity contribution >= 4 is 0 Å². The van der Waals surface area contributed by atoms with E-state index in [1.54, 1.807) is 75.0 Å². The maximum Gasteiger partial charge on any atom is 0.212 e. The van der Waals surface area contributed by atoms with Crippen molar-refractivity contribution in [3.05, 3.63) is 308 Å². The standard InChI is InChI=1S/C30H40N.3C26H32N/c1-21-15-22(2)27(17-26(21)23-13-11-10-12-14-23)28-16-24(18-29(3,4)5)25(20-31(28)9)19-30(6,7)8;1-18-14-25(27(7)17-22(18)16-26(4,5)6)24-15-23(19(2)13-20(24)3)21-11-9-8-10-12-21;1-18-13-19(2)24(15-23(18)21-11-9-8-10-12-21)25-14-22(16-26(4,5)6)20(3)17-27(25)7;1-17(2)22-15-26(27(7)16-25(22)18(3)4)24-14-23(19(5)13-20(24)6)21-11-9-8-10-12-21/h10-17,20H,18-19H2,1-9H3;2*8-15,17H,16H2,1-7H3;8-18H,1-7H3/q4*+1/i1D3,18D2,19D2;2D3,16D2;1D3,3D3,16D2;5D3,17D,18D. The predicted molar refractivity (Wildman–Crippen MR) is 482 cm³/mol. The van der Waals surface area contributed by atoms with Gasteiger partial charge in [-0.2, -0.15) is 0 Å². The lowest BCUT2D eigenvalue weighted by molar-refractivity contribution is -0.661. The van der Waals surface area contributed by atoms with Crippen LogP contribution >= 0.6 is 0 Å². The molecule has 0 bridgehead atoms. The minimum Gasteiger partial charge on any atom is -0.201 e. The molecule has 0 radical (unpaired) electrons. The Morgan fingerprint density at radius 3 is 0.857 bits per heavy atom. The van der Waals surface area contributed by atoms with Crippen molar-refractivity contribution in [1.29, 1.82) is 0 Å². The molecule has 0 N–H and O–H groups in total. The Bertz CT molecular complexity index is 6380. The third-order valence-electron chi connectivity index (χ3n) is 19.3. The van der Waals surface area contributed by atoms with Crippen LogP contribution in [0.3, 0.4) is 0 Å². The third-order valence-corrected chi connectivity index (χ3v) is 19.3. The second-order valence-electron chi connectivity index (χ2n) is 34.5. The Hall–Kier alpha value is -9.64. The van der Waals surface area contributed by atoms with Crippen LogP contribution in [0, 0.1) is 90.5 Å². The molecule has 112 heavy (non-hydrogen) atoms. The zero-order valence-corrected chi connectivity index (χ0v) is 71.1. The van der Waals surface area contributed by atoms with Crippen LogP contribution in [0.25, 0.3) is 89.5 Å². The molecule has 0 amide bonds. The van der Waals surface area contributed by atoms with Crippen molar-refractivity contribution < 1.29 is 52.5 Å². The van der Waals surface area contributed by atoms with Gasteiger partial charge in [0.15, 0.2) is 24.8 Å². The lowest BCUT2D eigenvalue weighted by Crippen LogP contribution is -2.33. The van der Waals surface area contributed by atoms with E-state index in [9.17, 15) is 0 Å². The summed E-state index contributed by atoms with van der Waals surface area (Å²) in [5, 5.41) is 0. The first-order valence-corrected chi connectivity index (χ1v) is 38.7. The molecule has 4 heteroatoms. The summed E-state index contributed by atoms with van der Waals surface area (Å²) in [6.45, 7) is 27.1. The SMILES string of the molecule is [2H]C([2H])([2H])c1cc(C)c(-c2cc(C([2H])(C)C)c(C([2H])(C)C)c[n+]2C)cc1-c1ccccc1.[2H]C([2H])([2H])c1cc(C)c(-c2cc(C([2H])([2H])C(C)(C)C)c(C([2H])([2H])C(C)(C)C)c[n+]2C)cc1-c1ccccc1.[2H]C([2H])([2H])c1cc(C)c(-c2cc(C([2H])([2H])C(C)(C)C)c(C([2H])([2H])[2H])c[n+]2C)cc1-c1ccccc1.[2H]C([2H])([2H])c1cc(C)c(-c2cc(C)c(C([2H])([2H])C(C)(C)C)c[n+]2C)cc1-c1ccccc1. The van der Waals surface area contributed by atoms with Gasteiger partial charge in [0.05, 0.1) is 0 Å². The number of benzene rings is 8. The van der Waals surface area contributed by atoms with Gasteiger partial charge in [-0.15, -0.1) is 0 Å². The normalized spacial score (nSPS) is 16.3.